The molecule has 0 atom stereocenters. The molecule has 1 aliphatic heterocycles. The van der Waals surface area contributed by atoms with Crippen molar-refractivity contribution in [2.75, 3.05) is 5.01 Å². The number of carbonyl (C=O) groups excluding carboxylic acids is 1. The fourth-order valence-corrected chi connectivity index (χ4v) is 3.97. The van der Waals surface area contributed by atoms with Crippen LogP contribution in [0.4, 0.5) is 5.69 Å². The lowest BCUT2D eigenvalue weighted by Crippen LogP contribution is -2.21. The molecular formula is C29H21ClN2O2. The van der Waals surface area contributed by atoms with E-state index in [9.17, 15) is 4.79 Å². The predicted molar refractivity (Wildman–Crippen MR) is 137 cm³/mol. The third-order valence-corrected chi connectivity index (χ3v) is 5.62. The van der Waals surface area contributed by atoms with Crippen LogP contribution in [0.1, 0.15) is 16.7 Å². The quantitative estimate of drug-likeness (QED) is 0.296. The Morgan fingerprint density at radius 1 is 0.824 bits per heavy atom. The van der Waals surface area contributed by atoms with E-state index in [-0.39, 0.29) is 5.91 Å². The molecule has 1 aliphatic rings. The second kappa shape index (κ2) is 9.77. The van der Waals surface area contributed by atoms with Crippen LogP contribution in [0.3, 0.4) is 0 Å². The molecule has 5 rings (SSSR count). The Balaban J connectivity index is 1.46. The first-order valence-electron chi connectivity index (χ1n) is 10.9. The lowest BCUT2D eigenvalue weighted by Gasteiger charge is -2.11. The van der Waals surface area contributed by atoms with Crippen LogP contribution in [0.15, 0.2) is 120 Å². The summed E-state index contributed by atoms with van der Waals surface area (Å²) in [6, 6.07) is 34.4. The summed E-state index contributed by atoms with van der Waals surface area (Å²) in [5.41, 5.74) is 4.61. The summed E-state index contributed by atoms with van der Waals surface area (Å²) in [5.74, 6) is 0.535. The van der Waals surface area contributed by atoms with Gasteiger partial charge in [-0.2, -0.15) is 10.1 Å². The molecule has 4 nitrogen and oxygen atoms in total. The van der Waals surface area contributed by atoms with Gasteiger partial charge < -0.3 is 4.74 Å². The Morgan fingerprint density at radius 3 is 2.32 bits per heavy atom. The number of hydrogen-bond donors (Lipinski definition) is 0. The number of hydrogen-bond acceptors (Lipinski definition) is 3. The highest BCUT2D eigenvalue weighted by Crippen LogP contribution is 2.28. The molecule has 166 valence electrons. The van der Waals surface area contributed by atoms with Crippen LogP contribution in [0.25, 0.3) is 6.08 Å². The highest BCUT2D eigenvalue weighted by Gasteiger charge is 2.31. The third-order valence-electron chi connectivity index (χ3n) is 5.39. The van der Waals surface area contributed by atoms with Crippen LogP contribution in [0.2, 0.25) is 5.02 Å². The maximum Gasteiger partial charge on any atom is 0.281 e. The topological polar surface area (TPSA) is 41.9 Å². The Morgan fingerprint density at radius 2 is 1.56 bits per heavy atom. The summed E-state index contributed by atoms with van der Waals surface area (Å²) in [6.07, 6.45) is 1.86. The molecule has 4 aromatic rings. The third kappa shape index (κ3) is 4.77. The van der Waals surface area contributed by atoms with Crippen molar-refractivity contribution in [2.45, 2.75) is 6.61 Å². The van der Waals surface area contributed by atoms with Gasteiger partial charge in [0.05, 0.1) is 11.3 Å². The second-order valence-corrected chi connectivity index (χ2v) is 8.25. The van der Waals surface area contributed by atoms with E-state index in [1.807, 2.05) is 115 Å². The summed E-state index contributed by atoms with van der Waals surface area (Å²) in [7, 11) is 0. The molecule has 1 heterocycles. The number of halogens is 1. The van der Waals surface area contributed by atoms with Gasteiger partial charge in [0.15, 0.2) is 0 Å². The van der Waals surface area contributed by atoms with Crippen LogP contribution >= 0.6 is 11.6 Å². The number of carbonyl (C=O) groups is 1. The molecule has 0 radical (unpaired) electrons. The molecular weight excluding hydrogens is 444 g/mol. The first kappa shape index (κ1) is 21.7. The van der Waals surface area contributed by atoms with Gasteiger partial charge in [0, 0.05) is 10.6 Å². The molecule has 0 aromatic heterocycles. The van der Waals surface area contributed by atoms with Gasteiger partial charge in [0.2, 0.25) is 0 Å². The molecule has 0 saturated heterocycles. The SMILES string of the molecule is O=C1/C(=C/c2cccc(OCc3cccc(Cl)c3)c2)C(c2ccccc2)=NN1c1ccccc1. The molecule has 0 saturated carbocycles. The molecule has 0 unspecified atom stereocenters. The molecule has 4 aromatic carbocycles. The Bertz CT molecular complexity index is 1380. The molecule has 0 bridgehead atoms. The van der Waals surface area contributed by atoms with Gasteiger partial charge in [-0.25, -0.2) is 0 Å². The summed E-state index contributed by atoms with van der Waals surface area (Å²) in [6.45, 7) is 0.401. The minimum Gasteiger partial charge on any atom is -0.489 e. The summed E-state index contributed by atoms with van der Waals surface area (Å²) < 4.78 is 5.97. The maximum absolute atomic E-state index is 13.4. The smallest absolute Gasteiger partial charge is 0.281 e. The summed E-state index contributed by atoms with van der Waals surface area (Å²) in [4.78, 5) is 13.4. The largest absolute Gasteiger partial charge is 0.489 e. The van der Waals surface area contributed by atoms with Crippen LogP contribution in [-0.2, 0) is 11.4 Å². The molecule has 5 heteroatoms. The lowest BCUT2D eigenvalue weighted by molar-refractivity contribution is -0.114. The van der Waals surface area contributed by atoms with E-state index in [0.29, 0.717) is 28.7 Å². The molecule has 0 aliphatic carbocycles. The van der Waals surface area contributed by atoms with Crippen molar-refractivity contribution < 1.29 is 9.53 Å². The van der Waals surface area contributed by atoms with Crippen molar-refractivity contribution in [1.82, 2.24) is 0 Å². The van der Waals surface area contributed by atoms with E-state index in [4.69, 9.17) is 16.3 Å². The number of rotatable bonds is 6. The number of anilines is 1. The number of benzene rings is 4. The predicted octanol–water partition coefficient (Wildman–Crippen LogP) is 6.75. The van der Waals surface area contributed by atoms with Gasteiger partial charge >= 0.3 is 0 Å². The van der Waals surface area contributed by atoms with Gasteiger partial charge in [-0.1, -0.05) is 84.4 Å². The summed E-state index contributed by atoms with van der Waals surface area (Å²) >= 11 is 6.07. The number of ether oxygens (including phenoxy) is 1. The number of hydrazone groups is 1. The fraction of sp³-hybridized carbons (Fsp3) is 0.0345. The molecule has 1 amide bonds. The van der Waals surface area contributed by atoms with Crippen LogP contribution in [-0.4, -0.2) is 11.6 Å². The Labute approximate surface area is 203 Å². The molecule has 0 N–H and O–H groups in total. The number of nitrogens with zero attached hydrogens (tertiary/aromatic N) is 2. The minimum absolute atomic E-state index is 0.171. The first-order chi connectivity index (χ1) is 16.7. The zero-order chi connectivity index (χ0) is 23.3. The van der Waals surface area contributed by atoms with Crippen LogP contribution in [0.5, 0.6) is 5.75 Å². The van der Waals surface area contributed by atoms with Crippen molar-refractivity contribution >= 4 is 35.0 Å². The van der Waals surface area contributed by atoms with Gasteiger partial charge in [0.1, 0.15) is 18.1 Å². The standard InChI is InChI=1S/C29H21ClN2O2/c30-24-13-7-10-22(17-24)20-34-26-16-8-9-21(18-26)19-27-28(23-11-3-1-4-12-23)31-32(29(27)33)25-14-5-2-6-15-25/h1-19H,20H2/b27-19+. The van der Waals surface area contributed by atoms with E-state index in [0.717, 1.165) is 22.4 Å². The van der Waals surface area contributed by atoms with Gasteiger partial charge in [-0.3, -0.25) is 4.79 Å². The second-order valence-electron chi connectivity index (χ2n) is 7.82. The van der Waals surface area contributed by atoms with Crippen LogP contribution in [0, 0.1) is 0 Å². The van der Waals surface area contributed by atoms with Crippen molar-refractivity contribution in [3.63, 3.8) is 0 Å². The fourth-order valence-electron chi connectivity index (χ4n) is 3.75. The Kier molecular flexibility index (Phi) is 6.23. The van der Waals surface area contributed by atoms with Crippen molar-refractivity contribution in [1.29, 1.82) is 0 Å². The Hall–Kier alpha value is -4.15. The van der Waals surface area contributed by atoms with Crippen molar-refractivity contribution in [2.24, 2.45) is 5.10 Å². The molecule has 0 fully saturated rings. The highest BCUT2D eigenvalue weighted by atomic mass is 35.5. The van der Waals surface area contributed by atoms with Gasteiger partial charge in [-0.15, -0.1) is 0 Å². The first-order valence-corrected chi connectivity index (χ1v) is 11.3. The van der Waals surface area contributed by atoms with Crippen LogP contribution < -0.4 is 9.75 Å². The van der Waals surface area contributed by atoms with Crippen molar-refractivity contribution in [3.05, 3.63) is 136 Å². The van der Waals surface area contributed by atoms with E-state index < -0.39 is 0 Å². The number of amides is 1. The van der Waals surface area contributed by atoms with Gasteiger partial charge in [0.25, 0.3) is 5.91 Å². The molecule has 0 spiro atoms. The summed E-state index contributed by atoms with van der Waals surface area (Å²) in [5, 5.41) is 6.81. The van der Waals surface area contributed by atoms with E-state index in [1.165, 1.54) is 5.01 Å². The minimum atomic E-state index is -0.171. The van der Waals surface area contributed by atoms with Crippen molar-refractivity contribution in [3.8, 4) is 5.75 Å². The lowest BCUT2D eigenvalue weighted by atomic mass is 10.00. The monoisotopic (exact) mass is 464 g/mol. The maximum atomic E-state index is 13.4. The normalized spacial score (nSPS) is 14.4. The average molecular weight is 465 g/mol. The van der Waals surface area contributed by atoms with E-state index in [2.05, 4.69) is 5.10 Å². The van der Waals surface area contributed by atoms with Gasteiger partial charge in [-0.05, 0) is 53.6 Å². The van der Waals surface area contributed by atoms with E-state index >= 15 is 0 Å². The average Bonchev–Trinajstić information content (AvgIpc) is 3.20. The molecule has 34 heavy (non-hydrogen) atoms. The zero-order valence-corrected chi connectivity index (χ0v) is 19.0. The number of para-hydroxylation sites is 1. The van der Waals surface area contributed by atoms with E-state index in [1.54, 1.807) is 0 Å². The highest BCUT2D eigenvalue weighted by molar-refractivity contribution is 6.37. The zero-order valence-electron chi connectivity index (χ0n) is 18.3.